The first-order chi connectivity index (χ1) is 5.22. The van der Waals surface area contributed by atoms with Crippen LogP contribution in [-0.4, -0.2) is 25.5 Å². The Morgan fingerprint density at radius 3 is 2.73 bits per heavy atom. The molecule has 11 heavy (non-hydrogen) atoms. The zero-order chi connectivity index (χ0) is 8.69. The van der Waals surface area contributed by atoms with Crippen molar-refractivity contribution in [2.75, 3.05) is 13.7 Å². The number of ether oxygens (including phenoxy) is 1. The Morgan fingerprint density at radius 2 is 2.27 bits per heavy atom. The van der Waals surface area contributed by atoms with Gasteiger partial charge in [-0.3, -0.25) is 4.79 Å². The first-order valence-electron chi connectivity index (χ1n) is 3.02. The molecular formula is C7H9NO3. The van der Waals surface area contributed by atoms with E-state index in [2.05, 4.69) is 16.0 Å². The number of carbonyl (C=O) groups excluding carboxylic acids is 2. The molecule has 1 N–H and O–H groups in total. The monoisotopic (exact) mass is 155 g/mol. The largest absolute Gasteiger partial charge is 0.462 e. The Kier molecular flexibility index (Phi) is 4.58. The number of carbonyl (C=O) groups is 2. The van der Waals surface area contributed by atoms with Crippen molar-refractivity contribution >= 4 is 11.9 Å². The number of esters is 1. The van der Waals surface area contributed by atoms with Gasteiger partial charge in [-0.15, -0.1) is 12.3 Å². The third-order valence-corrected chi connectivity index (χ3v) is 0.926. The second kappa shape index (κ2) is 5.30. The van der Waals surface area contributed by atoms with Crippen molar-refractivity contribution in [3.8, 4) is 12.3 Å². The summed E-state index contributed by atoms with van der Waals surface area (Å²) in [5.41, 5.74) is 0. The molecule has 60 valence electrons. The average Bonchev–Trinajstić information content (AvgIpc) is 2.03. The SMILES string of the molecule is C#CCCNC(=O)C(=O)OC. The predicted octanol–water partition coefficient (Wildman–Crippen LogP) is -0.701. The van der Waals surface area contributed by atoms with E-state index in [0.717, 1.165) is 7.11 Å². The van der Waals surface area contributed by atoms with Crippen molar-refractivity contribution in [3.05, 3.63) is 0 Å². The molecular weight excluding hydrogens is 146 g/mol. The zero-order valence-electron chi connectivity index (χ0n) is 6.22. The van der Waals surface area contributed by atoms with Crippen LogP contribution in [0.4, 0.5) is 0 Å². The molecule has 0 atom stereocenters. The average molecular weight is 155 g/mol. The fourth-order valence-corrected chi connectivity index (χ4v) is 0.413. The summed E-state index contributed by atoms with van der Waals surface area (Å²) in [6, 6.07) is 0. The molecule has 0 radical (unpaired) electrons. The Balaban J connectivity index is 3.54. The van der Waals surface area contributed by atoms with Gasteiger partial charge < -0.3 is 10.1 Å². The van der Waals surface area contributed by atoms with Crippen molar-refractivity contribution in [1.29, 1.82) is 0 Å². The first kappa shape index (κ1) is 9.50. The summed E-state index contributed by atoms with van der Waals surface area (Å²) in [5, 5.41) is 2.28. The quantitative estimate of drug-likeness (QED) is 0.248. The Bertz CT molecular complexity index is 192. The molecule has 0 aliphatic rings. The molecule has 0 aromatic heterocycles. The normalized spacial score (nSPS) is 8.00. The van der Waals surface area contributed by atoms with Crippen LogP contribution in [0.1, 0.15) is 6.42 Å². The third kappa shape index (κ3) is 3.98. The molecule has 0 unspecified atom stereocenters. The number of amides is 1. The molecule has 4 nitrogen and oxygen atoms in total. The van der Waals surface area contributed by atoms with Crippen LogP contribution in [0.25, 0.3) is 0 Å². The molecule has 0 bridgehead atoms. The first-order valence-corrected chi connectivity index (χ1v) is 3.02. The molecule has 0 aliphatic carbocycles. The molecule has 0 aromatic carbocycles. The highest BCUT2D eigenvalue weighted by molar-refractivity contribution is 6.32. The number of terminal acetylenes is 1. The van der Waals surface area contributed by atoms with Gasteiger partial charge in [-0.25, -0.2) is 4.79 Å². The predicted molar refractivity (Wildman–Crippen MR) is 38.5 cm³/mol. The van der Waals surface area contributed by atoms with Crippen LogP contribution in [0.5, 0.6) is 0 Å². The maximum atomic E-state index is 10.6. The highest BCUT2D eigenvalue weighted by atomic mass is 16.5. The number of rotatable bonds is 2. The smallest absolute Gasteiger partial charge is 0.396 e. The number of nitrogens with one attached hydrogen (secondary N) is 1. The molecule has 0 saturated heterocycles. The van der Waals surface area contributed by atoms with Crippen LogP contribution in [0, 0.1) is 12.3 Å². The minimum Gasteiger partial charge on any atom is -0.462 e. The van der Waals surface area contributed by atoms with Crippen LogP contribution in [-0.2, 0) is 14.3 Å². The third-order valence-electron chi connectivity index (χ3n) is 0.926. The number of methoxy groups -OCH3 is 1. The highest BCUT2D eigenvalue weighted by Crippen LogP contribution is 1.75. The Morgan fingerprint density at radius 1 is 1.64 bits per heavy atom. The van der Waals surface area contributed by atoms with Gasteiger partial charge in [0.15, 0.2) is 0 Å². The molecule has 0 fully saturated rings. The van der Waals surface area contributed by atoms with Crippen LogP contribution in [0.15, 0.2) is 0 Å². The maximum absolute atomic E-state index is 10.6. The van der Waals surface area contributed by atoms with Gasteiger partial charge in [0.1, 0.15) is 0 Å². The minimum atomic E-state index is -0.901. The van der Waals surface area contributed by atoms with Crippen LogP contribution >= 0.6 is 0 Å². The van der Waals surface area contributed by atoms with E-state index in [4.69, 9.17) is 6.42 Å². The lowest BCUT2D eigenvalue weighted by Crippen LogP contribution is -2.32. The lowest BCUT2D eigenvalue weighted by atomic mass is 10.4. The van der Waals surface area contributed by atoms with E-state index in [0.29, 0.717) is 13.0 Å². The van der Waals surface area contributed by atoms with E-state index in [-0.39, 0.29) is 0 Å². The minimum absolute atomic E-state index is 0.296. The van der Waals surface area contributed by atoms with Crippen molar-refractivity contribution in [2.24, 2.45) is 0 Å². The molecule has 0 aromatic rings. The van der Waals surface area contributed by atoms with E-state index in [1.807, 2.05) is 0 Å². The fraction of sp³-hybridized carbons (Fsp3) is 0.429. The molecule has 0 heterocycles. The van der Waals surface area contributed by atoms with E-state index in [1.54, 1.807) is 0 Å². The van der Waals surface area contributed by atoms with Crippen molar-refractivity contribution in [3.63, 3.8) is 0 Å². The van der Waals surface area contributed by atoms with Gasteiger partial charge in [0.05, 0.1) is 7.11 Å². The summed E-state index contributed by atoms with van der Waals surface area (Å²) >= 11 is 0. The van der Waals surface area contributed by atoms with Gasteiger partial charge in [-0.2, -0.15) is 0 Å². The summed E-state index contributed by atoms with van der Waals surface area (Å²) in [5.74, 6) is 0.651. The van der Waals surface area contributed by atoms with Crippen LogP contribution < -0.4 is 5.32 Å². The summed E-state index contributed by atoms with van der Waals surface area (Å²) in [7, 11) is 1.14. The standard InChI is InChI=1S/C7H9NO3/c1-3-4-5-8-6(9)7(10)11-2/h1H,4-5H2,2H3,(H,8,9). The van der Waals surface area contributed by atoms with Gasteiger partial charge in [0, 0.05) is 13.0 Å². The van der Waals surface area contributed by atoms with E-state index < -0.39 is 11.9 Å². The number of hydrogen-bond donors (Lipinski definition) is 1. The molecule has 0 aliphatic heterocycles. The Hall–Kier alpha value is -1.50. The Labute approximate surface area is 64.9 Å². The second-order valence-corrected chi connectivity index (χ2v) is 1.70. The molecule has 0 rings (SSSR count). The highest BCUT2D eigenvalue weighted by Gasteiger charge is 2.11. The maximum Gasteiger partial charge on any atom is 0.396 e. The lowest BCUT2D eigenvalue weighted by molar-refractivity contribution is -0.152. The summed E-state index contributed by atoms with van der Waals surface area (Å²) in [6.45, 7) is 0.296. The summed E-state index contributed by atoms with van der Waals surface area (Å²) in [6.07, 6.45) is 5.31. The van der Waals surface area contributed by atoms with Crippen molar-refractivity contribution < 1.29 is 14.3 Å². The molecule has 0 saturated carbocycles. The van der Waals surface area contributed by atoms with E-state index in [1.165, 1.54) is 0 Å². The molecule has 1 amide bonds. The van der Waals surface area contributed by atoms with Crippen molar-refractivity contribution in [1.82, 2.24) is 5.32 Å². The van der Waals surface area contributed by atoms with Gasteiger partial charge in [0.25, 0.3) is 0 Å². The van der Waals surface area contributed by atoms with Crippen LogP contribution in [0.3, 0.4) is 0 Å². The summed E-state index contributed by atoms with van der Waals surface area (Å²) in [4.78, 5) is 21.0. The number of hydrogen-bond acceptors (Lipinski definition) is 3. The molecule has 4 heteroatoms. The van der Waals surface area contributed by atoms with E-state index >= 15 is 0 Å². The van der Waals surface area contributed by atoms with Gasteiger partial charge in [-0.05, 0) is 0 Å². The zero-order valence-corrected chi connectivity index (χ0v) is 6.22. The lowest BCUT2D eigenvalue weighted by Gasteiger charge is -1.98. The van der Waals surface area contributed by atoms with Crippen molar-refractivity contribution in [2.45, 2.75) is 6.42 Å². The van der Waals surface area contributed by atoms with Gasteiger partial charge in [-0.1, -0.05) is 0 Å². The summed E-state index contributed by atoms with van der Waals surface area (Å²) < 4.78 is 4.14. The van der Waals surface area contributed by atoms with Gasteiger partial charge >= 0.3 is 11.9 Å². The topological polar surface area (TPSA) is 55.4 Å². The van der Waals surface area contributed by atoms with E-state index in [9.17, 15) is 9.59 Å². The second-order valence-electron chi connectivity index (χ2n) is 1.70. The van der Waals surface area contributed by atoms with Gasteiger partial charge in [0.2, 0.25) is 0 Å². The molecule has 0 spiro atoms. The van der Waals surface area contributed by atoms with Crippen LogP contribution in [0.2, 0.25) is 0 Å². The fourth-order valence-electron chi connectivity index (χ4n) is 0.413.